The van der Waals surface area contributed by atoms with Gasteiger partial charge in [0.15, 0.2) is 5.78 Å². The highest BCUT2D eigenvalue weighted by atomic mass is 16.1. The van der Waals surface area contributed by atoms with Gasteiger partial charge in [-0.05, 0) is 101 Å². The van der Waals surface area contributed by atoms with Crippen LogP contribution < -0.4 is 5.32 Å². The fourth-order valence-electron chi connectivity index (χ4n) is 6.58. The van der Waals surface area contributed by atoms with Crippen molar-refractivity contribution in [3.63, 3.8) is 0 Å². The van der Waals surface area contributed by atoms with Crippen molar-refractivity contribution in [3.05, 3.63) is 64.8 Å². The van der Waals surface area contributed by atoms with E-state index in [1.807, 2.05) is 24.3 Å². The molecule has 3 fully saturated rings. The lowest BCUT2D eigenvalue weighted by molar-refractivity contribution is -0.112. The second kappa shape index (κ2) is 9.08. The van der Waals surface area contributed by atoms with E-state index in [2.05, 4.69) is 37.4 Å². The number of rotatable bonds is 6. The molecular weight excluding hydrogens is 406 g/mol. The van der Waals surface area contributed by atoms with Gasteiger partial charge in [-0.2, -0.15) is 0 Å². The Morgan fingerprint density at radius 1 is 1.06 bits per heavy atom. The largest absolute Gasteiger partial charge is 0.322 e. The number of nitrogens with one attached hydrogen (secondary N) is 1. The van der Waals surface area contributed by atoms with Crippen LogP contribution in [-0.2, 0) is 4.79 Å². The summed E-state index contributed by atoms with van der Waals surface area (Å²) in [5.74, 6) is 1.50. The maximum Gasteiger partial charge on any atom is 0.251 e. The third-order valence-corrected chi connectivity index (χ3v) is 8.74. The zero-order valence-electron chi connectivity index (χ0n) is 20.2. The number of Topliss-reactive ketones (excluding diaryl/α,β-unsaturated/α-hetero) is 1. The average Bonchev–Trinajstić information content (AvgIpc) is 3.19. The number of carbonyl (C=O) groups is 2. The van der Waals surface area contributed by atoms with Gasteiger partial charge in [-0.25, -0.2) is 0 Å². The summed E-state index contributed by atoms with van der Waals surface area (Å²) in [6, 6.07) is 6.14. The van der Waals surface area contributed by atoms with Crippen LogP contribution in [0.1, 0.15) is 99.9 Å². The SMILES string of the molecule is C/C=C\C1CCC(c2ccc(C(=O)C3CC4(CCC4)C3)cc2NC(=O)C2=CC=C(C)C2)CC1. The molecule has 1 spiro atoms. The number of benzene rings is 1. The number of amides is 1. The van der Waals surface area contributed by atoms with Gasteiger partial charge >= 0.3 is 0 Å². The molecule has 3 saturated carbocycles. The summed E-state index contributed by atoms with van der Waals surface area (Å²) < 4.78 is 0. The Morgan fingerprint density at radius 3 is 2.42 bits per heavy atom. The van der Waals surface area contributed by atoms with Gasteiger partial charge in [0.25, 0.3) is 5.91 Å². The fourth-order valence-corrected chi connectivity index (χ4v) is 6.58. The number of carbonyl (C=O) groups excluding carboxylic acids is 2. The van der Waals surface area contributed by atoms with Crippen molar-refractivity contribution in [3.8, 4) is 0 Å². The van der Waals surface area contributed by atoms with Gasteiger partial charge < -0.3 is 5.32 Å². The Balaban J connectivity index is 1.35. The zero-order valence-corrected chi connectivity index (χ0v) is 20.2. The Labute approximate surface area is 198 Å². The van der Waals surface area contributed by atoms with Crippen molar-refractivity contribution >= 4 is 17.4 Å². The van der Waals surface area contributed by atoms with E-state index in [0.29, 0.717) is 23.7 Å². The van der Waals surface area contributed by atoms with Crippen LogP contribution in [0.2, 0.25) is 0 Å². The van der Waals surface area contributed by atoms with Crippen molar-refractivity contribution in [2.45, 2.75) is 84.0 Å². The third kappa shape index (κ3) is 4.52. The van der Waals surface area contributed by atoms with E-state index in [9.17, 15) is 9.59 Å². The Morgan fingerprint density at radius 2 is 1.82 bits per heavy atom. The summed E-state index contributed by atoms with van der Waals surface area (Å²) in [6.07, 6.45) is 19.8. The highest BCUT2D eigenvalue weighted by molar-refractivity contribution is 6.06. The van der Waals surface area contributed by atoms with Gasteiger partial charge in [-0.1, -0.05) is 48.4 Å². The van der Waals surface area contributed by atoms with E-state index in [0.717, 1.165) is 42.5 Å². The van der Waals surface area contributed by atoms with Gasteiger partial charge in [0.1, 0.15) is 0 Å². The summed E-state index contributed by atoms with van der Waals surface area (Å²) in [7, 11) is 0. The molecule has 0 saturated heterocycles. The summed E-state index contributed by atoms with van der Waals surface area (Å²) in [5.41, 5.74) is 5.32. The number of anilines is 1. The molecule has 4 aliphatic rings. The van der Waals surface area contributed by atoms with Crippen LogP contribution in [0, 0.1) is 17.3 Å². The standard InChI is InChI=1S/C30H37NO2/c1-3-5-21-7-10-22(11-8-21)26-13-12-23(28(32)25-18-30(19-25)14-4-15-30)17-27(26)31-29(33)24-9-6-20(2)16-24/h3,5-6,9,12-13,17,21-22,25H,4,7-8,10-11,14-16,18-19H2,1-2H3,(H,31,33)/b5-3-. The quantitative estimate of drug-likeness (QED) is 0.365. The van der Waals surface area contributed by atoms with Crippen LogP contribution in [-0.4, -0.2) is 11.7 Å². The normalized spacial score (nSPS) is 26.5. The van der Waals surface area contributed by atoms with Crippen molar-refractivity contribution in [1.29, 1.82) is 0 Å². The van der Waals surface area contributed by atoms with E-state index < -0.39 is 0 Å². The van der Waals surface area contributed by atoms with Crippen molar-refractivity contribution in [1.82, 2.24) is 0 Å². The molecule has 0 heterocycles. The Kier molecular flexibility index (Phi) is 6.16. The molecule has 4 aliphatic carbocycles. The van der Waals surface area contributed by atoms with E-state index >= 15 is 0 Å². The first-order chi connectivity index (χ1) is 16.0. The minimum absolute atomic E-state index is 0.0337. The molecule has 0 aromatic heterocycles. The predicted molar refractivity (Wildman–Crippen MR) is 134 cm³/mol. The molecule has 0 aliphatic heterocycles. The monoisotopic (exact) mass is 443 g/mol. The number of allylic oxidation sites excluding steroid dienone is 5. The molecule has 1 amide bonds. The van der Waals surface area contributed by atoms with Crippen molar-refractivity contribution < 1.29 is 9.59 Å². The second-order valence-electron chi connectivity index (χ2n) is 11.1. The molecule has 1 N–H and O–H groups in total. The van der Waals surface area contributed by atoms with Crippen molar-refractivity contribution in [2.24, 2.45) is 17.3 Å². The number of hydrogen-bond acceptors (Lipinski definition) is 2. The lowest BCUT2D eigenvalue weighted by Crippen LogP contribution is -2.45. The van der Waals surface area contributed by atoms with E-state index in [4.69, 9.17) is 0 Å². The Hall–Kier alpha value is -2.42. The first kappa shape index (κ1) is 22.4. The van der Waals surface area contributed by atoms with Gasteiger partial charge in [-0.3, -0.25) is 9.59 Å². The summed E-state index contributed by atoms with van der Waals surface area (Å²) in [4.78, 5) is 26.3. The molecular formula is C30H37NO2. The molecule has 3 nitrogen and oxygen atoms in total. The minimum Gasteiger partial charge on any atom is -0.322 e. The molecule has 0 unspecified atom stereocenters. The van der Waals surface area contributed by atoms with Crippen molar-refractivity contribution in [2.75, 3.05) is 5.32 Å². The fraction of sp³-hybridized carbons (Fsp3) is 0.533. The van der Waals surface area contributed by atoms with Crippen LogP contribution in [0.15, 0.2) is 53.6 Å². The van der Waals surface area contributed by atoms with Crippen LogP contribution in [0.4, 0.5) is 5.69 Å². The maximum absolute atomic E-state index is 13.3. The van der Waals surface area contributed by atoms with Gasteiger partial charge in [0, 0.05) is 22.7 Å². The third-order valence-electron chi connectivity index (χ3n) is 8.74. The highest BCUT2D eigenvalue weighted by Gasteiger charge is 2.50. The van der Waals surface area contributed by atoms with Crippen LogP contribution >= 0.6 is 0 Å². The average molecular weight is 444 g/mol. The number of hydrogen-bond donors (Lipinski definition) is 1. The summed E-state index contributed by atoms with van der Waals surface area (Å²) >= 11 is 0. The van der Waals surface area contributed by atoms with E-state index in [-0.39, 0.29) is 17.6 Å². The maximum atomic E-state index is 13.3. The van der Waals surface area contributed by atoms with Crippen LogP contribution in [0.5, 0.6) is 0 Å². The number of ketones is 1. The van der Waals surface area contributed by atoms with Gasteiger partial charge in [-0.15, -0.1) is 0 Å². The highest BCUT2D eigenvalue weighted by Crippen LogP contribution is 2.59. The molecule has 3 heteroatoms. The second-order valence-corrected chi connectivity index (χ2v) is 11.1. The first-order valence-corrected chi connectivity index (χ1v) is 12.9. The lowest BCUT2D eigenvalue weighted by atomic mass is 9.51. The van der Waals surface area contributed by atoms with E-state index in [1.165, 1.54) is 43.2 Å². The zero-order chi connectivity index (χ0) is 23.0. The molecule has 33 heavy (non-hydrogen) atoms. The van der Waals surface area contributed by atoms with Crippen LogP contribution in [0.3, 0.4) is 0 Å². The molecule has 174 valence electrons. The van der Waals surface area contributed by atoms with Gasteiger partial charge in [0.2, 0.25) is 0 Å². The minimum atomic E-state index is -0.0337. The molecule has 0 radical (unpaired) electrons. The first-order valence-electron chi connectivity index (χ1n) is 12.9. The molecule has 1 aromatic rings. The molecule has 1 aromatic carbocycles. The van der Waals surface area contributed by atoms with E-state index in [1.54, 1.807) is 0 Å². The van der Waals surface area contributed by atoms with Crippen LogP contribution in [0.25, 0.3) is 0 Å². The smallest absolute Gasteiger partial charge is 0.251 e. The Bertz CT molecular complexity index is 1020. The molecule has 0 atom stereocenters. The molecule has 0 bridgehead atoms. The topological polar surface area (TPSA) is 46.2 Å². The van der Waals surface area contributed by atoms with Gasteiger partial charge in [0.05, 0.1) is 0 Å². The lowest BCUT2D eigenvalue weighted by Gasteiger charge is -2.53. The molecule has 5 rings (SSSR count). The summed E-state index contributed by atoms with van der Waals surface area (Å²) in [5, 5.41) is 3.21. The predicted octanol–water partition coefficient (Wildman–Crippen LogP) is 7.51. The summed E-state index contributed by atoms with van der Waals surface area (Å²) in [6.45, 7) is 4.15.